The van der Waals surface area contributed by atoms with Crippen LogP contribution in [0.5, 0.6) is 11.5 Å². The van der Waals surface area contributed by atoms with Crippen LogP contribution in [0.2, 0.25) is 0 Å². The van der Waals surface area contributed by atoms with Gasteiger partial charge in [-0.15, -0.1) is 0 Å². The quantitative estimate of drug-likeness (QED) is 0.547. The Morgan fingerprint density at radius 3 is 2.23 bits per heavy atom. The summed E-state index contributed by atoms with van der Waals surface area (Å²) >= 11 is 0. The fourth-order valence-electron chi connectivity index (χ4n) is 4.00. The molecule has 190 valence electrons. The van der Waals surface area contributed by atoms with Crippen LogP contribution in [-0.2, 0) is 27.3 Å². The fraction of sp³-hybridized carbons (Fsp3) is 0.423. The molecule has 0 aromatic heterocycles. The summed E-state index contributed by atoms with van der Waals surface area (Å²) in [5.41, 5.74) is 2.44. The maximum Gasteiger partial charge on any atom is 0.414 e. The molecule has 0 spiro atoms. The number of carboxylic acid groups (broad SMARTS) is 2. The third kappa shape index (κ3) is 8.94. The number of rotatable bonds is 8. The highest BCUT2D eigenvalue weighted by Gasteiger charge is 2.27. The molecular formula is C26H34N2O7. The molecule has 1 unspecified atom stereocenters. The summed E-state index contributed by atoms with van der Waals surface area (Å²) in [5.74, 6) is -1.86. The number of likely N-dealkylation sites (N-methyl/N-ethyl adjacent to an activating group) is 1. The molecular weight excluding hydrogens is 452 g/mol. The molecule has 0 radical (unpaired) electrons. The van der Waals surface area contributed by atoms with Gasteiger partial charge in [-0.25, -0.2) is 9.59 Å². The van der Waals surface area contributed by atoms with E-state index in [9.17, 15) is 4.79 Å². The summed E-state index contributed by atoms with van der Waals surface area (Å²) in [5, 5.41) is 14.8. The number of ether oxygens (including phenoxy) is 2. The van der Waals surface area contributed by atoms with E-state index < -0.39 is 11.9 Å². The van der Waals surface area contributed by atoms with Gasteiger partial charge in [-0.05, 0) is 49.1 Å². The highest BCUT2D eigenvalue weighted by molar-refractivity contribution is 6.27. The minimum atomic E-state index is -1.82. The van der Waals surface area contributed by atoms with Crippen molar-refractivity contribution in [1.29, 1.82) is 0 Å². The minimum absolute atomic E-state index is 0.0860. The Morgan fingerprint density at radius 1 is 0.971 bits per heavy atom. The summed E-state index contributed by atoms with van der Waals surface area (Å²) in [6.07, 6.45) is 2.85. The molecule has 1 amide bonds. The van der Waals surface area contributed by atoms with E-state index in [4.69, 9.17) is 29.3 Å². The molecule has 1 fully saturated rings. The molecule has 2 N–H and O–H groups in total. The van der Waals surface area contributed by atoms with E-state index in [1.54, 1.807) is 14.2 Å². The maximum absolute atomic E-state index is 13.0. The average Bonchev–Trinajstić information content (AvgIpc) is 2.87. The molecule has 1 saturated heterocycles. The largest absolute Gasteiger partial charge is 0.493 e. The standard InChI is InChI=1S/C24H32N2O3.C2H2O4/c1-25(15-13-19-11-12-22(28-2)23(16-19)29-3)24(27)21-10-7-14-26(18-21)17-20-8-5-4-6-9-20;3-1(4)2(5)6/h4-6,8-9,11-12,16,21H,7,10,13-15,17-18H2,1-3H3;(H,3,4)(H,5,6). The van der Waals surface area contributed by atoms with Crippen molar-refractivity contribution in [1.82, 2.24) is 9.80 Å². The highest BCUT2D eigenvalue weighted by Crippen LogP contribution is 2.28. The summed E-state index contributed by atoms with van der Waals surface area (Å²) < 4.78 is 10.7. The zero-order chi connectivity index (χ0) is 25.8. The van der Waals surface area contributed by atoms with Gasteiger partial charge in [0.15, 0.2) is 11.5 Å². The van der Waals surface area contributed by atoms with E-state index in [0.717, 1.165) is 56.0 Å². The minimum Gasteiger partial charge on any atom is -0.493 e. The van der Waals surface area contributed by atoms with Crippen LogP contribution in [0.4, 0.5) is 0 Å². The van der Waals surface area contributed by atoms with Gasteiger partial charge in [0.2, 0.25) is 5.91 Å². The highest BCUT2D eigenvalue weighted by atomic mass is 16.5. The number of hydrogen-bond acceptors (Lipinski definition) is 6. The summed E-state index contributed by atoms with van der Waals surface area (Å²) in [7, 11) is 5.19. The first-order valence-electron chi connectivity index (χ1n) is 11.4. The van der Waals surface area contributed by atoms with E-state index in [1.165, 1.54) is 5.56 Å². The Kier molecular flexibility index (Phi) is 11.0. The maximum atomic E-state index is 13.0. The number of benzene rings is 2. The van der Waals surface area contributed by atoms with Crippen LogP contribution in [0, 0.1) is 5.92 Å². The van der Waals surface area contributed by atoms with Gasteiger partial charge < -0.3 is 24.6 Å². The van der Waals surface area contributed by atoms with E-state index in [0.29, 0.717) is 6.54 Å². The lowest BCUT2D eigenvalue weighted by Gasteiger charge is -2.34. The van der Waals surface area contributed by atoms with E-state index in [-0.39, 0.29) is 11.8 Å². The van der Waals surface area contributed by atoms with Gasteiger partial charge in [0.25, 0.3) is 0 Å². The number of carbonyl (C=O) groups is 3. The van der Waals surface area contributed by atoms with E-state index in [1.807, 2.05) is 36.2 Å². The normalized spacial score (nSPS) is 15.3. The van der Waals surface area contributed by atoms with Crippen molar-refractivity contribution in [2.75, 3.05) is 40.9 Å². The molecule has 1 heterocycles. The molecule has 9 nitrogen and oxygen atoms in total. The number of piperidine rings is 1. The lowest BCUT2D eigenvalue weighted by molar-refractivity contribution is -0.159. The first-order valence-corrected chi connectivity index (χ1v) is 11.4. The van der Waals surface area contributed by atoms with Gasteiger partial charge in [-0.2, -0.15) is 0 Å². The van der Waals surface area contributed by atoms with Crippen LogP contribution in [0.25, 0.3) is 0 Å². The smallest absolute Gasteiger partial charge is 0.414 e. The van der Waals surface area contributed by atoms with Gasteiger partial charge in [0.1, 0.15) is 0 Å². The monoisotopic (exact) mass is 486 g/mol. The Morgan fingerprint density at radius 2 is 1.63 bits per heavy atom. The molecule has 0 saturated carbocycles. The molecule has 3 rings (SSSR count). The Bertz CT molecular complexity index is 969. The molecule has 0 bridgehead atoms. The SMILES string of the molecule is COc1ccc(CCN(C)C(=O)C2CCCN(Cc3ccccc3)C2)cc1OC.O=C(O)C(=O)O. The Balaban J connectivity index is 0.000000641. The van der Waals surface area contributed by atoms with Crippen molar-refractivity contribution in [2.45, 2.75) is 25.8 Å². The van der Waals surface area contributed by atoms with Gasteiger partial charge in [0, 0.05) is 26.7 Å². The molecule has 2 aromatic rings. The number of amides is 1. The average molecular weight is 487 g/mol. The number of nitrogens with zero attached hydrogens (tertiary/aromatic N) is 2. The zero-order valence-corrected chi connectivity index (χ0v) is 20.5. The van der Waals surface area contributed by atoms with Crippen LogP contribution >= 0.6 is 0 Å². The number of carbonyl (C=O) groups excluding carboxylic acids is 1. The zero-order valence-electron chi connectivity index (χ0n) is 20.5. The van der Waals surface area contributed by atoms with Crippen molar-refractivity contribution in [3.05, 3.63) is 59.7 Å². The molecule has 1 atom stereocenters. The van der Waals surface area contributed by atoms with E-state index in [2.05, 4.69) is 29.2 Å². The van der Waals surface area contributed by atoms with Crippen LogP contribution in [0.15, 0.2) is 48.5 Å². The van der Waals surface area contributed by atoms with Crippen molar-refractivity contribution in [3.63, 3.8) is 0 Å². The van der Waals surface area contributed by atoms with Crippen LogP contribution in [-0.4, -0.2) is 78.8 Å². The molecule has 1 aliphatic heterocycles. The summed E-state index contributed by atoms with van der Waals surface area (Å²) in [4.78, 5) is 35.5. The first-order chi connectivity index (χ1) is 16.7. The summed E-state index contributed by atoms with van der Waals surface area (Å²) in [6, 6.07) is 16.4. The van der Waals surface area contributed by atoms with Crippen LogP contribution in [0.3, 0.4) is 0 Å². The number of methoxy groups -OCH3 is 2. The molecule has 1 aliphatic rings. The van der Waals surface area contributed by atoms with Crippen LogP contribution in [0.1, 0.15) is 24.0 Å². The van der Waals surface area contributed by atoms with Crippen molar-refractivity contribution >= 4 is 17.8 Å². The van der Waals surface area contributed by atoms with Crippen LogP contribution < -0.4 is 9.47 Å². The number of carboxylic acids is 2. The lowest BCUT2D eigenvalue weighted by atomic mass is 9.96. The van der Waals surface area contributed by atoms with Crippen molar-refractivity contribution in [2.24, 2.45) is 5.92 Å². The van der Waals surface area contributed by atoms with Gasteiger partial charge in [-0.3, -0.25) is 9.69 Å². The number of hydrogen-bond donors (Lipinski definition) is 2. The second-order valence-electron chi connectivity index (χ2n) is 8.37. The van der Waals surface area contributed by atoms with Crippen molar-refractivity contribution < 1.29 is 34.1 Å². The third-order valence-corrected chi connectivity index (χ3v) is 5.85. The Labute approximate surface area is 205 Å². The van der Waals surface area contributed by atoms with Crippen molar-refractivity contribution in [3.8, 4) is 11.5 Å². The third-order valence-electron chi connectivity index (χ3n) is 5.85. The lowest BCUT2D eigenvalue weighted by Crippen LogP contribution is -2.43. The molecule has 9 heteroatoms. The topological polar surface area (TPSA) is 117 Å². The first kappa shape index (κ1) is 27.7. The second kappa shape index (κ2) is 14.0. The summed E-state index contributed by atoms with van der Waals surface area (Å²) in [6.45, 7) is 3.52. The van der Waals surface area contributed by atoms with E-state index >= 15 is 0 Å². The Hall–Kier alpha value is -3.59. The van der Waals surface area contributed by atoms with Gasteiger partial charge >= 0.3 is 11.9 Å². The predicted octanol–water partition coefficient (Wildman–Crippen LogP) is 2.77. The second-order valence-corrected chi connectivity index (χ2v) is 8.37. The molecule has 0 aliphatic carbocycles. The van der Waals surface area contributed by atoms with Gasteiger partial charge in [0.05, 0.1) is 20.1 Å². The van der Waals surface area contributed by atoms with Gasteiger partial charge in [-0.1, -0.05) is 36.4 Å². The fourth-order valence-corrected chi connectivity index (χ4v) is 4.00. The number of aliphatic carboxylic acids is 2. The predicted molar refractivity (Wildman–Crippen MR) is 131 cm³/mol. The molecule has 35 heavy (non-hydrogen) atoms. The number of likely N-dealkylation sites (tertiary alicyclic amines) is 1. The molecule has 2 aromatic carbocycles.